The highest BCUT2D eigenvalue weighted by atomic mass is 19.4. The van der Waals surface area contributed by atoms with Gasteiger partial charge in [0.15, 0.2) is 0 Å². The fourth-order valence-electron chi connectivity index (χ4n) is 4.90. The van der Waals surface area contributed by atoms with Gasteiger partial charge in [0, 0.05) is 31.9 Å². The van der Waals surface area contributed by atoms with E-state index in [2.05, 4.69) is 20.5 Å². The van der Waals surface area contributed by atoms with Crippen LogP contribution in [0.2, 0.25) is 0 Å². The third-order valence-electron chi connectivity index (χ3n) is 6.76. The quantitative estimate of drug-likeness (QED) is 0.363. The molecule has 5 aromatic rings. The first-order valence-corrected chi connectivity index (χ1v) is 12.0. The van der Waals surface area contributed by atoms with E-state index >= 15 is 0 Å². The Morgan fingerprint density at radius 2 is 1.53 bits per heavy atom. The molecule has 9 heteroatoms. The highest BCUT2D eigenvalue weighted by Gasteiger charge is 2.31. The van der Waals surface area contributed by atoms with Gasteiger partial charge in [-0.3, -0.25) is 4.90 Å². The molecule has 36 heavy (non-hydrogen) atoms. The molecule has 0 amide bonds. The van der Waals surface area contributed by atoms with Crippen molar-refractivity contribution in [3.63, 3.8) is 0 Å². The molecular weight excluding hydrogens is 465 g/mol. The van der Waals surface area contributed by atoms with Crippen LogP contribution >= 0.6 is 0 Å². The molecule has 1 fully saturated rings. The number of fused-ring (bicyclic) bond motifs is 2. The second-order valence-corrected chi connectivity index (χ2v) is 9.11. The lowest BCUT2D eigenvalue weighted by molar-refractivity contribution is -0.137. The molecule has 1 aliphatic heterocycles. The number of hydrogen-bond acceptors (Lipinski definition) is 4. The van der Waals surface area contributed by atoms with Crippen molar-refractivity contribution in [1.29, 1.82) is 0 Å². The zero-order chi connectivity index (χ0) is 24.7. The summed E-state index contributed by atoms with van der Waals surface area (Å²) in [5, 5.41) is 0. The van der Waals surface area contributed by atoms with E-state index in [4.69, 9.17) is 9.97 Å². The van der Waals surface area contributed by atoms with Crippen LogP contribution in [0, 0.1) is 0 Å². The number of imidazole rings is 2. The smallest absolute Gasteiger partial charge is 0.369 e. The van der Waals surface area contributed by atoms with Gasteiger partial charge >= 0.3 is 6.18 Å². The Bertz CT molecular complexity index is 1480. The standard InChI is InChI=1S/C27H25F3N6/c28-27(29,30)19-6-5-7-20(16-19)35-14-12-34(13-15-35)18-26-33-23-10-3-4-11-24(23)36(26)17-25-31-21-8-1-2-9-22(21)32-25/h1-11,16H,12-15,17-18H2,(H,31,32). The number of hydrogen-bond donors (Lipinski definition) is 1. The molecule has 1 saturated heterocycles. The average Bonchev–Trinajstić information content (AvgIpc) is 3.45. The number of nitrogens with one attached hydrogen (secondary N) is 1. The van der Waals surface area contributed by atoms with E-state index < -0.39 is 11.7 Å². The topological polar surface area (TPSA) is 53.0 Å². The minimum Gasteiger partial charge on any atom is -0.369 e. The first kappa shape index (κ1) is 22.6. The normalized spacial score (nSPS) is 15.2. The van der Waals surface area contributed by atoms with Crippen molar-refractivity contribution in [1.82, 2.24) is 24.4 Å². The highest BCUT2D eigenvalue weighted by molar-refractivity contribution is 5.77. The molecule has 3 heterocycles. The molecule has 1 N–H and O–H groups in total. The second kappa shape index (κ2) is 8.98. The molecule has 0 radical (unpaired) electrons. The predicted octanol–water partition coefficient (Wildman–Crippen LogP) is 5.30. The summed E-state index contributed by atoms with van der Waals surface area (Å²) in [6, 6.07) is 21.6. The molecule has 0 spiro atoms. The maximum atomic E-state index is 13.1. The second-order valence-electron chi connectivity index (χ2n) is 9.11. The van der Waals surface area contributed by atoms with Crippen LogP contribution < -0.4 is 4.90 Å². The fourth-order valence-corrected chi connectivity index (χ4v) is 4.90. The molecule has 0 saturated carbocycles. The van der Waals surface area contributed by atoms with E-state index in [1.165, 1.54) is 12.1 Å². The van der Waals surface area contributed by atoms with Gasteiger partial charge in [0.2, 0.25) is 0 Å². The van der Waals surface area contributed by atoms with Crippen LogP contribution in [0.5, 0.6) is 0 Å². The number of alkyl halides is 3. The van der Waals surface area contributed by atoms with Gasteiger partial charge < -0.3 is 14.5 Å². The summed E-state index contributed by atoms with van der Waals surface area (Å²) in [6.45, 7) is 4.03. The van der Waals surface area contributed by atoms with E-state index in [0.29, 0.717) is 31.9 Å². The number of anilines is 1. The lowest BCUT2D eigenvalue weighted by Crippen LogP contribution is -2.46. The summed E-state index contributed by atoms with van der Waals surface area (Å²) in [7, 11) is 0. The molecular formula is C27H25F3N6. The number of aromatic amines is 1. The number of para-hydroxylation sites is 4. The predicted molar refractivity (Wildman–Crippen MR) is 134 cm³/mol. The van der Waals surface area contributed by atoms with Gasteiger partial charge in [-0.25, -0.2) is 9.97 Å². The molecule has 2 aromatic heterocycles. The van der Waals surface area contributed by atoms with Crippen LogP contribution in [0.4, 0.5) is 18.9 Å². The maximum Gasteiger partial charge on any atom is 0.416 e. The molecule has 0 aliphatic carbocycles. The number of aromatic nitrogens is 4. The summed E-state index contributed by atoms with van der Waals surface area (Å²) in [5.74, 6) is 1.82. The highest BCUT2D eigenvalue weighted by Crippen LogP contribution is 2.32. The van der Waals surface area contributed by atoms with Gasteiger partial charge in [-0.15, -0.1) is 0 Å². The van der Waals surface area contributed by atoms with Gasteiger partial charge in [0.1, 0.15) is 11.6 Å². The van der Waals surface area contributed by atoms with Crippen LogP contribution in [0.1, 0.15) is 17.2 Å². The first-order valence-electron chi connectivity index (χ1n) is 12.0. The zero-order valence-electron chi connectivity index (χ0n) is 19.5. The van der Waals surface area contributed by atoms with Gasteiger partial charge in [-0.2, -0.15) is 13.2 Å². The van der Waals surface area contributed by atoms with E-state index in [9.17, 15) is 13.2 Å². The van der Waals surface area contributed by atoms with Crippen molar-refractivity contribution in [2.24, 2.45) is 0 Å². The van der Waals surface area contributed by atoms with Crippen LogP contribution in [-0.4, -0.2) is 50.6 Å². The Labute approximate surface area is 206 Å². The van der Waals surface area contributed by atoms with E-state index in [-0.39, 0.29) is 0 Å². The van der Waals surface area contributed by atoms with Crippen molar-refractivity contribution in [2.45, 2.75) is 19.3 Å². The third-order valence-corrected chi connectivity index (χ3v) is 6.76. The molecule has 6 rings (SSSR count). The molecule has 0 bridgehead atoms. The van der Waals surface area contributed by atoms with Crippen molar-refractivity contribution in [3.05, 3.63) is 90.0 Å². The lowest BCUT2D eigenvalue weighted by Gasteiger charge is -2.36. The Morgan fingerprint density at radius 1 is 0.778 bits per heavy atom. The summed E-state index contributed by atoms with van der Waals surface area (Å²) < 4.78 is 41.6. The lowest BCUT2D eigenvalue weighted by atomic mass is 10.1. The Hall–Kier alpha value is -3.85. The summed E-state index contributed by atoms with van der Waals surface area (Å²) >= 11 is 0. The minimum atomic E-state index is -4.34. The number of piperazine rings is 1. The van der Waals surface area contributed by atoms with E-state index in [1.807, 2.05) is 47.4 Å². The van der Waals surface area contributed by atoms with Gasteiger partial charge in [0.25, 0.3) is 0 Å². The molecule has 6 nitrogen and oxygen atoms in total. The number of rotatable bonds is 5. The number of halogens is 3. The first-order chi connectivity index (χ1) is 17.4. The van der Waals surface area contributed by atoms with Crippen molar-refractivity contribution >= 4 is 27.8 Å². The molecule has 3 aromatic carbocycles. The summed E-state index contributed by atoms with van der Waals surface area (Å²) in [6.07, 6.45) is -4.34. The number of nitrogens with zero attached hydrogens (tertiary/aromatic N) is 5. The average molecular weight is 491 g/mol. The Morgan fingerprint density at radius 3 is 2.31 bits per heavy atom. The van der Waals surface area contributed by atoms with Crippen molar-refractivity contribution in [2.75, 3.05) is 31.1 Å². The SMILES string of the molecule is FC(F)(F)c1cccc(N2CCN(Cc3nc4ccccc4n3Cc3nc4ccccc4[nH]3)CC2)c1. The molecule has 0 unspecified atom stereocenters. The largest absolute Gasteiger partial charge is 0.416 e. The van der Waals surface area contributed by atoms with Crippen LogP contribution in [0.3, 0.4) is 0 Å². The zero-order valence-corrected chi connectivity index (χ0v) is 19.5. The molecule has 184 valence electrons. The number of H-pyrrole nitrogens is 1. The van der Waals surface area contributed by atoms with Crippen LogP contribution in [-0.2, 0) is 19.3 Å². The van der Waals surface area contributed by atoms with Crippen molar-refractivity contribution < 1.29 is 13.2 Å². The van der Waals surface area contributed by atoms with Crippen LogP contribution in [0.25, 0.3) is 22.1 Å². The summed E-state index contributed by atoms with van der Waals surface area (Å²) in [4.78, 5) is 17.4. The van der Waals surface area contributed by atoms with Gasteiger partial charge in [0.05, 0.1) is 40.7 Å². The van der Waals surface area contributed by atoms with Crippen molar-refractivity contribution in [3.8, 4) is 0 Å². The van der Waals surface area contributed by atoms with Gasteiger partial charge in [-0.1, -0.05) is 30.3 Å². The molecule has 0 atom stereocenters. The van der Waals surface area contributed by atoms with E-state index in [1.54, 1.807) is 6.07 Å². The van der Waals surface area contributed by atoms with E-state index in [0.717, 1.165) is 52.9 Å². The fraction of sp³-hybridized carbons (Fsp3) is 0.259. The Balaban J connectivity index is 1.20. The Kier molecular flexibility index (Phi) is 5.64. The number of benzene rings is 3. The third kappa shape index (κ3) is 4.42. The van der Waals surface area contributed by atoms with Crippen LogP contribution in [0.15, 0.2) is 72.8 Å². The monoisotopic (exact) mass is 490 g/mol. The molecule has 1 aliphatic rings. The maximum absolute atomic E-state index is 13.1. The minimum absolute atomic E-state index is 0.578. The van der Waals surface area contributed by atoms with Gasteiger partial charge in [-0.05, 0) is 42.5 Å². The summed E-state index contributed by atoms with van der Waals surface area (Å²) in [5.41, 5.74) is 3.93.